The van der Waals surface area contributed by atoms with Gasteiger partial charge in [-0.15, -0.1) is 0 Å². The van der Waals surface area contributed by atoms with Crippen molar-refractivity contribution < 1.29 is 4.39 Å². The lowest BCUT2D eigenvalue weighted by Crippen LogP contribution is -2.17. The SMILES string of the molecule is Cc1ccc(Cl)c([C@@H](N)CCN)c1F. The summed E-state index contributed by atoms with van der Waals surface area (Å²) in [6.07, 6.45) is 0.528. The van der Waals surface area contributed by atoms with Crippen molar-refractivity contribution in [2.45, 2.75) is 19.4 Å². The molecule has 1 atom stereocenters. The van der Waals surface area contributed by atoms with Crippen LogP contribution in [-0.4, -0.2) is 6.54 Å². The van der Waals surface area contributed by atoms with Gasteiger partial charge in [0.2, 0.25) is 0 Å². The molecule has 0 aromatic heterocycles. The number of halogens is 2. The minimum Gasteiger partial charge on any atom is -0.330 e. The Bertz CT molecular complexity index is 328. The monoisotopic (exact) mass is 216 g/mol. The molecule has 0 radical (unpaired) electrons. The van der Waals surface area contributed by atoms with Gasteiger partial charge in [-0.25, -0.2) is 4.39 Å². The molecule has 1 aromatic carbocycles. The van der Waals surface area contributed by atoms with Gasteiger partial charge in [-0.2, -0.15) is 0 Å². The summed E-state index contributed by atoms with van der Waals surface area (Å²) in [5.41, 5.74) is 12.1. The van der Waals surface area contributed by atoms with E-state index in [4.69, 9.17) is 23.1 Å². The zero-order valence-corrected chi connectivity index (χ0v) is 8.81. The van der Waals surface area contributed by atoms with Crippen molar-refractivity contribution in [1.82, 2.24) is 0 Å². The number of hydrogen-bond acceptors (Lipinski definition) is 2. The molecule has 4 N–H and O–H groups in total. The summed E-state index contributed by atoms with van der Waals surface area (Å²) < 4.78 is 13.6. The van der Waals surface area contributed by atoms with Gasteiger partial charge in [0.05, 0.1) is 0 Å². The molecule has 0 aliphatic carbocycles. The molecule has 0 saturated heterocycles. The number of benzene rings is 1. The Morgan fingerprint density at radius 2 is 2.14 bits per heavy atom. The number of hydrogen-bond donors (Lipinski definition) is 2. The van der Waals surface area contributed by atoms with Gasteiger partial charge >= 0.3 is 0 Å². The molecule has 0 aliphatic rings. The fourth-order valence-electron chi connectivity index (χ4n) is 1.34. The first-order chi connectivity index (χ1) is 6.57. The minimum atomic E-state index is -0.424. The first kappa shape index (κ1) is 11.4. The fourth-order valence-corrected chi connectivity index (χ4v) is 1.63. The highest BCUT2D eigenvalue weighted by Crippen LogP contribution is 2.27. The molecule has 14 heavy (non-hydrogen) atoms. The van der Waals surface area contributed by atoms with Gasteiger partial charge in [0.15, 0.2) is 0 Å². The number of nitrogens with two attached hydrogens (primary N) is 2. The normalized spacial score (nSPS) is 12.9. The molecule has 4 heteroatoms. The van der Waals surface area contributed by atoms with Crippen molar-refractivity contribution in [2.75, 3.05) is 6.54 Å². The molecule has 2 nitrogen and oxygen atoms in total. The summed E-state index contributed by atoms with van der Waals surface area (Å²) in [5.74, 6) is -0.321. The Morgan fingerprint density at radius 1 is 1.50 bits per heavy atom. The molecular weight excluding hydrogens is 203 g/mol. The van der Waals surface area contributed by atoms with Crippen LogP contribution in [0.15, 0.2) is 12.1 Å². The average Bonchev–Trinajstić information content (AvgIpc) is 2.13. The van der Waals surface area contributed by atoms with E-state index in [2.05, 4.69) is 0 Å². The summed E-state index contributed by atoms with van der Waals surface area (Å²) in [7, 11) is 0. The van der Waals surface area contributed by atoms with Crippen molar-refractivity contribution in [3.8, 4) is 0 Å². The topological polar surface area (TPSA) is 52.0 Å². The first-order valence-electron chi connectivity index (χ1n) is 4.48. The fraction of sp³-hybridized carbons (Fsp3) is 0.400. The Hall–Kier alpha value is -0.640. The number of rotatable bonds is 3. The maximum Gasteiger partial charge on any atom is 0.132 e. The van der Waals surface area contributed by atoms with E-state index >= 15 is 0 Å². The Labute approximate surface area is 88.0 Å². The van der Waals surface area contributed by atoms with Gasteiger partial charge in [0.25, 0.3) is 0 Å². The molecule has 0 fully saturated rings. The van der Waals surface area contributed by atoms with Crippen LogP contribution in [0.25, 0.3) is 0 Å². The molecule has 0 amide bonds. The van der Waals surface area contributed by atoms with Gasteiger partial charge in [0.1, 0.15) is 5.82 Å². The summed E-state index contributed by atoms with van der Waals surface area (Å²) in [5, 5.41) is 0.369. The quantitative estimate of drug-likeness (QED) is 0.814. The van der Waals surface area contributed by atoms with E-state index in [0.717, 1.165) is 0 Å². The van der Waals surface area contributed by atoms with Gasteiger partial charge in [-0.3, -0.25) is 0 Å². The first-order valence-corrected chi connectivity index (χ1v) is 4.86. The van der Waals surface area contributed by atoms with Crippen molar-refractivity contribution in [2.24, 2.45) is 11.5 Å². The highest BCUT2D eigenvalue weighted by atomic mass is 35.5. The van der Waals surface area contributed by atoms with Crippen LogP contribution in [0.4, 0.5) is 4.39 Å². The van der Waals surface area contributed by atoms with Crippen molar-refractivity contribution in [1.29, 1.82) is 0 Å². The Balaban J connectivity index is 3.11. The summed E-state index contributed by atoms with van der Waals surface area (Å²) in [6, 6.07) is 2.87. The van der Waals surface area contributed by atoms with Crippen LogP contribution in [0.1, 0.15) is 23.6 Å². The van der Waals surface area contributed by atoms with Crippen LogP contribution < -0.4 is 11.5 Å². The van der Waals surface area contributed by atoms with E-state index < -0.39 is 6.04 Å². The molecule has 0 heterocycles. The zero-order valence-electron chi connectivity index (χ0n) is 8.06. The van der Waals surface area contributed by atoms with E-state index in [0.29, 0.717) is 29.1 Å². The van der Waals surface area contributed by atoms with Crippen molar-refractivity contribution in [3.63, 3.8) is 0 Å². The molecule has 0 spiro atoms. The van der Waals surface area contributed by atoms with Crippen LogP contribution in [0.2, 0.25) is 5.02 Å². The van der Waals surface area contributed by atoms with E-state index in [1.807, 2.05) is 0 Å². The van der Waals surface area contributed by atoms with Crippen LogP contribution in [0, 0.1) is 12.7 Å². The summed E-state index contributed by atoms with van der Waals surface area (Å²) in [4.78, 5) is 0. The molecule has 0 unspecified atom stereocenters. The highest BCUT2D eigenvalue weighted by Gasteiger charge is 2.16. The van der Waals surface area contributed by atoms with Crippen LogP contribution in [0.5, 0.6) is 0 Å². The zero-order chi connectivity index (χ0) is 10.7. The summed E-state index contributed by atoms with van der Waals surface area (Å²) in [6.45, 7) is 2.11. The smallest absolute Gasteiger partial charge is 0.132 e. The van der Waals surface area contributed by atoms with E-state index in [9.17, 15) is 4.39 Å². The summed E-state index contributed by atoms with van der Waals surface area (Å²) >= 11 is 5.87. The second kappa shape index (κ2) is 4.73. The average molecular weight is 217 g/mol. The molecular formula is C10H14ClFN2. The van der Waals surface area contributed by atoms with E-state index in [-0.39, 0.29) is 5.82 Å². The molecule has 78 valence electrons. The lowest BCUT2D eigenvalue weighted by Gasteiger charge is -2.14. The lowest BCUT2D eigenvalue weighted by atomic mass is 10.0. The predicted octanol–water partition coefficient (Wildman–Crippen LogP) is 2.14. The minimum absolute atomic E-state index is 0.321. The van der Waals surface area contributed by atoms with Gasteiger partial charge in [0, 0.05) is 16.6 Å². The molecule has 0 saturated carbocycles. The standard InChI is InChI=1S/C10H14ClFN2/c1-6-2-3-7(11)9(10(6)12)8(14)4-5-13/h2-3,8H,4-5,13-14H2,1H3/t8-/m0/s1. The highest BCUT2D eigenvalue weighted by molar-refractivity contribution is 6.31. The van der Waals surface area contributed by atoms with Gasteiger partial charge in [-0.05, 0) is 31.5 Å². The maximum atomic E-state index is 13.6. The second-order valence-electron chi connectivity index (χ2n) is 3.28. The van der Waals surface area contributed by atoms with Crippen LogP contribution in [-0.2, 0) is 0 Å². The van der Waals surface area contributed by atoms with Gasteiger partial charge in [-0.1, -0.05) is 17.7 Å². The Kier molecular flexibility index (Phi) is 3.86. The lowest BCUT2D eigenvalue weighted by molar-refractivity contribution is 0.561. The van der Waals surface area contributed by atoms with Crippen molar-refractivity contribution in [3.05, 3.63) is 34.1 Å². The van der Waals surface area contributed by atoms with Crippen molar-refractivity contribution >= 4 is 11.6 Å². The maximum absolute atomic E-state index is 13.6. The third-order valence-corrected chi connectivity index (χ3v) is 2.50. The van der Waals surface area contributed by atoms with Crippen LogP contribution in [0.3, 0.4) is 0 Å². The van der Waals surface area contributed by atoms with E-state index in [1.54, 1.807) is 19.1 Å². The third-order valence-electron chi connectivity index (χ3n) is 2.17. The predicted molar refractivity (Wildman–Crippen MR) is 56.7 cm³/mol. The molecule has 1 rings (SSSR count). The third kappa shape index (κ3) is 2.23. The van der Waals surface area contributed by atoms with Crippen LogP contribution >= 0.6 is 11.6 Å². The largest absolute Gasteiger partial charge is 0.330 e. The second-order valence-corrected chi connectivity index (χ2v) is 3.68. The van der Waals surface area contributed by atoms with E-state index in [1.165, 1.54) is 0 Å². The van der Waals surface area contributed by atoms with Gasteiger partial charge < -0.3 is 11.5 Å². The molecule has 1 aromatic rings. The number of aryl methyl sites for hydroxylation is 1. The molecule has 0 bridgehead atoms. The Morgan fingerprint density at radius 3 is 2.71 bits per heavy atom. The molecule has 0 aliphatic heterocycles.